The van der Waals surface area contributed by atoms with Gasteiger partial charge in [-0.2, -0.15) is 0 Å². The van der Waals surface area contributed by atoms with Crippen molar-refractivity contribution < 1.29 is 29.1 Å². The third kappa shape index (κ3) is 9.54. The predicted molar refractivity (Wildman–Crippen MR) is 136 cm³/mol. The number of hydrogen-bond donors (Lipinski definition) is 8. The number of aromatic nitrogens is 1. The zero-order chi connectivity index (χ0) is 27.4. The summed E-state index contributed by atoms with van der Waals surface area (Å²) in [5.74, 6) is -3.80. The lowest BCUT2D eigenvalue weighted by atomic mass is 10.0. The van der Waals surface area contributed by atoms with Crippen molar-refractivity contribution in [3.63, 3.8) is 0 Å². The van der Waals surface area contributed by atoms with E-state index in [1.54, 1.807) is 6.20 Å². The molecule has 37 heavy (non-hydrogen) atoms. The van der Waals surface area contributed by atoms with Gasteiger partial charge in [-0.3, -0.25) is 19.2 Å². The summed E-state index contributed by atoms with van der Waals surface area (Å²) in [4.78, 5) is 63.5. The van der Waals surface area contributed by atoms with E-state index in [0.717, 1.165) is 16.5 Å². The van der Waals surface area contributed by atoms with Crippen molar-refractivity contribution >= 4 is 40.5 Å². The van der Waals surface area contributed by atoms with Gasteiger partial charge in [-0.15, -0.1) is 0 Å². The van der Waals surface area contributed by atoms with Gasteiger partial charge in [0.2, 0.25) is 23.6 Å². The fourth-order valence-electron chi connectivity index (χ4n) is 3.72. The highest BCUT2D eigenvalue weighted by atomic mass is 16.4. The monoisotopic (exact) mass is 517 g/mol. The minimum absolute atomic E-state index is 0.00568. The quantitative estimate of drug-likeness (QED) is 0.123. The smallest absolute Gasteiger partial charge is 0.326 e. The largest absolute Gasteiger partial charge is 0.480 e. The van der Waals surface area contributed by atoms with E-state index in [4.69, 9.17) is 17.2 Å². The number of aromatic amines is 1. The number of carbonyl (C=O) groups excluding carboxylic acids is 4. The molecule has 1 aromatic heterocycles. The Hall–Kier alpha value is -3.97. The SMILES string of the molecule is NCCCCC(NC(=O)CNC(=O)C(Cc1c[nH]c2ccccc12)NC(=O)C(N)CCC(N)=O)C(=O)O. The van der Waals surface area contributed by atoms with E-state index in [2.05, 4.69) is 20.9 Å². The molecule has 0 spiro atoms. The van der Waals surface area contributed by atoms with Gasteiger partial charge in [0, 0.05) is 29.9 Å². The molecule has 1 heterocycles. The molecule has 13 nitrogen and oxygen atoms in total. The molecule has 3 atom stereocenters. The highest BCUT2D eigenvalue weighted by molar-refractivity contribution is 5.93. The number of nitrogens with two attached hydrogens (primary N) is 3. The third-order valence-electron chi connectivity index (χ3n) is 5.77. The first-order chi connectivity index (χ1) is 17.6. The average molecular weight is 518 g/mol. The first-order valence-corrected chi connectivity index (χ1v) is 12.0. The summed E-state index contributed by atoms with van der Waals surface area (Å²) in [6, 6.07) is 4.14. The van der Waals surface area contributed by atoms with Crippen molar-refractivity contribution in [3.05, 3.63) is 36.0 Å². The van der Waals surface area contributed by atoms with Crippen LogP contribution >= 0.6 is 0 Å². The minimum atomic E-state index is -1.19. The number of H-pyrrole nitrogens is 1. The molecule has 1 aromatic carbocycles. The number of aliphatic carboxylic acids is 1. The maximum absolute atomic E-state index is 13.0. The van der Waals surface area contributed by atoms with E-state index in [9.17, 15) is 29.1 Å². The Labute approximate surface area is 213 Å². The Bertz CT molecular complexity index is 1100. The standard InChI is InChI=1S/C24H35N7O6/c25-10-4-3-7-18(24(36)37)30-21(33)13-29-23(35)19(31-22(34)16(26)8-9-20(27)32)11-14-12-28-17-6-2-1-5-15(14)17/h1-2,5-6,12,16,18-19,28H,3-4,7-11,13,25-26H2,(H2,27,32)(H,29,35)(H,30,33)(H,31,34)(H,36,37). The number of nitrogens with one attached hydrogen (secondary N) is 4. The molecule has 0 aliphatic rings. The van der Waals surface area contributed by atoms with Crippen molar-refractivity contribution in [1.82, 2.24) is 20.9 Å². The normalized spacial score (nSPS) is 13.4. The molecule has 202 valence electrons. The maximum Gasteiger partial charge on any atom is 0.326 e. The zero-order valence-electron chi connectivity index (χ0n) is 20.5. The number of carbonyl (C=O) groups is 5. The molecule has 2 aromatic rings. The first-order valence-electron chi connectivity index (χ1n) is 12.0. The van der Waals surface area contributed by atoms with Crippen LogP contribution in [-0.4, -0.2) is 70.9 Å². The van der Waals surface area contributed by atoms with Gasteiger partial charge in [0.05, 0.1) is 12.6 Å². The lowest BCUT2D eigenvalue weighted by Crippen LogP contribution is -2.54. The van der Waals surface area contributed by atoms with Crippen LogP contribution in [0.2, 0.25) is 0 Å². The van der Waals surface area contributed by atoms with Gasteiger partial charge < -0.3 is 43.2 Å². The second-order valence-corrected chi connectivity index (χ2v) is 8.70. The number of hydrogen-bond acceptors (Lipinski definition) is 7. The Kier molecular flexibility index (Phi) is 11.5. The van der Waals surface area contributed by atoms with E-state index in [1.165, 1.54) is 0 Å². The van der Waals surface area contributed by atoms with Crippen LogP contribution in [0.1, 0.15) is 37.7 Å². The van der Waals surface area contributed by atoms with Gasteiger partial charge in [0.15, 0.2) is 0 Å². The summed E-state index contributed by atoms with van der Waals surface area (Å²) in [6.45, 7) is -0.0838. The van der Waals surface area contributed by atoms with Gasteiger partial charge in [0.1, 0.15) is 12.1 Å². The fraction of sp³-hybridized carbons (Fsp3) is 0.458. The lowest BCUT2D eigenvalue weighted by Gasteiger charge is -2.21. The fourth-order valence-corrected chi connectivity index (χ4v) is 3.72. The van der Waals surface area contributed by atoms with Crippen molar-refractivity contribution in [2.45, 2.75) is 56.7 Å². The number of carboxylic acids is 1. The summed E-state index contributed by atoms with van der Waals surface area (Å²) >= 11 is 0. The summed E-state index contributed by atoms with van der Waals surface area (Å²) < 4.78 is 0. The van der Waals surface area contributed by atoms with E-state index in [-0.39, 0.29) is 25.7 Å². The van der Waals surface area contributed by atoms with Gasteiger partial charge in [-0.1, -0.05) is 18.2 Å². The molecule has 0 fully saturated rings. The van der Waals surface area contributed by atoms with E-state index in [0.29, 0.717) is 19.4 Å². The molecular formula is C24H35N7O6. The minimum Gasteiger partial charge on any atom is -0.480 e. The second kappa shape index (κ2) is 14.6. The van der Waals surface area contributed by atoms with Crippen LogP contribution in [0.3, 0.4) is 0 Å². The highest BCUT2D eigenvalue weighted by Crippen LogP contribution is 2.19. The summed E-state index contributed by atoms with van der Waals surface area (Å²) in [6.07, 6.45) is 3.06. The Morgan fingerprint density at radius 1 is 0.973 bits per heavy atom. The van der Waals surface area contributed by atoms with Crippen LogP contribution in [0, 0.1) is 0 Å². The molecule has 11 N–H and O–H groups in total. The van der Waals surface area contributed by atoms with Gasteiger partial charge >= 0.3 is 5.97 Å². The van der Waals surface area contributed by atoms with Crippen LogP contribution in [0.25, 0.3) is 10.9 Å². The molecule has 4 amide bonds. The number of benzene rings is 1. The van der Waals surface area contributed by atoms with Crippen LogP contribution in [0.5, 0.6) is 0 Å². The zero-order valence-corrected chi connectivity index (χ0v) is 20.5. The summed E-state index contributed by atoms with van der Waals surface area (Å²) in [5, 5.41) is 17.6. The van der Waals surface area contributed by atoms with Crippen LogP contribution < -0.4 is 33.2 Å². The highest BCUT2D eigenvalue weighted by Gasteiger charge is 2.26. The second-order valence-electron chi connectivity index (χ2n) is 8.70. The average Bonchev–Trinajstić information content (AvgIpc) is 3.27. The molecule has 0 bridgehead atoms. The molecule has 0 aliphatic carbocycles. The van der Waals surface area contributed by atoms with Gasteiger partial charge in [-0.25, -0.2) is 4.79 Å². The molecule has 0 aliphatic heterocycles. The number of rotatable bonds is 16. The summed E-state index contributed by atoms with van der Waals surface area (Å²) in [7, 11) is 0. The number of unbranched alkanes of at least 4 members (excludes halogenated alkanes) is 1. The number of fused-ring (bicyclic) bond motifs is 1. The van der Waals surface area contributed by atoms with Gasteiger partial charge in [-0.05, 0) is 43.9 Å². The van der Waals surface area contributed by atoms with Crippen LogP contribution in [0.4, 0.5) is 0 Å². The number of carboxylic acid groups (broad SMARTS) is 1. The third-order valence-corrected chi connectivity index (χ3v) is 5.77. The Balaban J connectivity index is 2.07. The van der Waals surface area contributed by atoms with Crippen molar-refractivity contribution in [1.29, 1.82) is 0 Å². The Morgan fingerprint density at radius 3 is 2.38 bits per heavy atom. The number of primary amides is 1. The topological polar surface area (TPSA) is 236 Å². The maximum atomic E-state index is 13.0. The molecule has 0 saturated carbocycles. The molecular weight excluding hydrogens is 482 g/mol. The van der Waals surface area contributed by atoms with Gasteiger partial charge in [0.25, 0.3) is 0 Å². The lowest BCUT2D eigenvalue weighted by molar-refractivity contribution is -0.142. The molecule has 2 rings (SSSR count). The molecule has 13 heteroatoms. The van der Waals surface area contributed by atoms with Crippen molar-refractivity contribution in [2.24, 2.45) is 17.2 Å². The van der Waals surface area contributed by atoms with Crippen LogP contribution in [-0.2, 0) is 30.4 Å². The van der Waals surface area contributed by atoms with Crippen molar-refractivity contribution in [3.8, 4) is 0 Å². The molecule has 0 radical (unpaired) electrons. The number of para-hydroxylation sites is 1. The summed E-state index contributed by atoms with van der Waals surface area (Å²) in [5.41, 5.74) is 18.0. The van der Waals surface area contributed by atoms with E-state index < -0.39 is 54.3 Å². The number of amides is 4. The van der Waals surface area contributed by atoms with Crippen LogP contribution in [0.15, 0.2) is 30.5 Å². The van der Waals surface area contributed by atoms with Crippen molar-refractivity contribution in [2.75, 3.05) is 13.1 Å². The Morgan fingerprint density at radius 2 is 1.70 bits per heavy atom. The first kappa shape index (κ1) is 29.3. The molecule has 0 saturated heterocycles. The van der Waals surface area contributed by atoms with E-state index in [1.807, 2.05) is 24.3 Å². The predicted octanol–water partition coefficient (Wildman–Crippen LogP) is -1.40. The van der Waals surface area contributed by atoms with E-state index >= 15 is 0 Å². The molecule has 3 unspecified atom stereocenters.